The highest BCUT2D eigenvalue weighted by Gasteiger charge is 2.08. The lowest BCUT2D eigenvalue weighted by molar-refractivity contribution is -0.113. The van der Waals surface area contributed by atoms with Crippen molar-refractivity contribution in [2.75, 3.05) is 22.1 Å². The van der Waals surface area contributed by atoms with Crippen LogP contribution in [-0.4, -0.2) is 26.6 Å². The summed E-state index contributed by atoms with van der Waals surface area (Å²) in [6.45, 7) is 2.08. The summed E-state index contributed by atoms with van der Waals surface area (Å²) in [7, 11) is 0. The number of carbonyl (C=O) groups is 1. The molecular weight excluding hydrogens is 372 g/mol. The van der Waals surface area contributed by atoms with E-state index in [1.165, 1.54) is 17.3 Å². The molecule has 0 spiro atoms. The van der Waals surface area contributed by atoms with Gasteiger partial charge in [-0.15, -0.1) is 11.8 Å². The van der Waals surface area contributed by atoms with Crippen molar-refractivity contribution in [2.45, 2.75) is 19.1 Å². The Morgan fingerprint density at radius 3 is 2.61 bits per heavy atom. The van der Waals surface area contributed by atoms with Crippen LogP contribution in [0.2, 0.25) is 0 Å². The highest BCUT2D eigenvalue weighted by atomic mass is 32.2. The van der Waals surface area contributed by atoms with Crippen LogP contribution in [0.4, 0.5) is 23.3 Å². The van der Waals surface area contributed by atoms with Crippen molar-refractivity contribution in [2.24, 2.45) is 0 Å². The Bertz CT molecular complexity index is 935. The van der Waals surface area contributed by atoms with Crippen LogP contribution in [0, 0.1) is 0 Å². The third-order valence-electron chi connectivity index (χ3n) is 3.81. The first kappa shape index (κ1) is 19.6. The first-order chi connectivity index (χ1) is 13.6. The van der Waals surface area contributed by atoms with Gasteiger partial charge in [0.05, 0.1) is 11.5 Å². The Kier molecular flexibility index (Phi) is 6.80. The Morgan fingerprint density at radius 2 is 1.82 bits per heavy atom. The summed E-state index contributed by atoms with van der Waals surface area (Å²) in [5.74, 6) is 1.74. The monoisotopic (exact) mass is 394 g/mol. The zero-order valence-corrected chi connectivity index (χ0v) is 16.4. The molecule has 0 bridgehead atoms. The lowest BCUT2D eigenvalue weighted by atomic mass is 10.1. The number of amides is 1. The van der Waals surface area contributed by atoms with Crippen LogP contribution >= 0.6 is 11.8 Å². The summed E-state index contributed by atoms with van der Waals surface area (Å²) in [6.07, 6.45) is 0.929. The Morgan fingerprint density at radius 1 is 1.04 bits per heavy atom. The van der Waals surface area contributed by atoms with E-state index in [1.54, 1.807) is 0 Å². The number of rotatable bonds is 8. The van der Waals surface area contributed by atoms with Gasteiger partial charge in [0.15, 0.2) is 0 Å². The average molecular weight is 395 g/mol. The quantitative estimate of drug-likeness (QED) is 0.536. The lowest BCUT2D eigenvalue weighted by Crippen LogP contribution is -2.14. The van der Waals surface area contributed by atoms with Crippen molar-refractivity contribution < 1.29 is 4.79 Å². The van der Waals surface area contributed by atoms with E-state index in [1.807, 2.05) is 54.6 Å². The Hall–Kier alpha value is -3.13. The van der Waals surface area contributed by atoms with Crippen LogP contribution in [0.5, 0.6) is 0 Å². The van der Waals surface area contributed by atoms with E-state index >= 15 is 0 Å². The molecule has 8 heteroatoms. The van der Waals surface area contributed by atoms with E-state index in [2.05, 4.69) is 32.5 Å². The minimum atomic E-state index is -0.0667. The van der Waals surface area contributed by atoms with Crippen molar-refractivity contribution in [1.29, 1.82) is 0 Å². The minimum Gasteiger partial charge on any atom is -0.368 e. The predicted molar refractivity (Wildman–Crippen MR) is 115 cm³/mol. The van der Waals surface area contributed by atoms with Crippen molar-refractivity contribution >= 4 is 40.9 Å². The topological polar surface area (TPSA) is 106 Å². The van der Waals surface area contributed by atoms with E-state index < -0.39 is 0 Å². The molecule has 7 nitrogen and oxygen atoms in total. The number of hydrogen-bond donors (Lipinski definition) is 3. The van der Waals surface area contributed by atoms with Gasteiger partial charge in [-0.2, -0.15) is 15.0 Å². The molecule has 1 heterocycles. The average Bonchev–Trinajstić information content (AvgIpc) is 2.68. The molecule has 0 fully saturated rings. The predicted octanol–water partition coefficient (Wildman–Crippen LogP) is 3.63. The van der Waals surface area contributed by atoms with Crippen molar-refractivity contribution in [1.82, 2.24) is 15.0 Å². The number of thioether (sulfide) groups is 1. The summed E-state index contributed by atoms with van der Waals surface area (Å²) in [5.41, 5.74) is 8.64. The molecule has 0 aliphatic carbocycles. The SMILES string of the molecule is CCc1cccc(NC(=O)CSCc2nc(N)nc(Nc3ccccc3)n2)c1. The van der Waals surface area contributed by atoms with Gasteiger partial charge in [0.2, 0.25) is 17.8 Å². The molecule has 0 radical (unpaired) electrons. The standard InChI is InChI=1S/C20H22N6OS/c1-2-14-7-6-10-16(11-14)22-18(27)13-28-12-17-24-19(21)26-20(25-17)23-15-8-4-3-5-9-15/h3-11H,2,12-13H2,1H3,(H,22,27)(H3,21,23,24,25,26). The lowest BCUT2D eigenvalue weighted by Gasteiger charge is -2.08. The van der Waals surface area contributed by atoms with Gasteiger partial charge < -0.3 is 16.4 Å². The van der Waals surface area contributed by atoms with Gasteiger partial charge in [-0.1, -0.05) is 37.3 Å². The number of hydrogen-bond acceptors (Lipinski definition) is 7. The van der Waals surface area contributed by atoms with Gasteiger partial charge >= 0.3 is 0 Å². The molecular formula is C20H22N6OS. The Balaban J connectivity index is 1.53. The molecule has 4 N–H and O–H groups in total. The van der Waals surface area contributed by atoms with E-state index in [9.17, 15) is 4.79 Å². The van der Waals surface area contributed by atoms with Crippen molar-refractivity contribution in [3.8, 4) is 0 Å². The number of nitrogen functional groups attached to an aromatic ring is 1. The van der Waals surface area contributed by atoms with Crippen LogP contribution in [0.15, 0.2) is 54.6 Å². The number of para-hydroxylation sites is 1. The normalized spacial score (nSPS) is 10.5. The first-order valence-corrected chi connectivity index (χ1v) is 10.1. The Labute approximate surface area is 168 Å². The van der Waals surface area contributed by atoms with Gasteiger partial charge in [-0.3, -0.25) is 4.79 Å². The fourth-order valence-electron chi connectivity index (χ4n) is 2.51. The molecule has 28 heavy (non-hydrogen) atoms. The summed E-state index contributed by atoms with van der Waals surface area (Å²) in [5, 5.41) is 6.01. The van der Waals surface area contributed by atoms with Gasteiger partial charge in [0, 0.05) is 11.4 Å². The second-order valence-corrected chi connectivity index (χ2v) is 7.00. The van der Waals surface area contributed by atoms with Gasteiger partial charge in [-0.25, -0.2) is 0 Å². The number of nitrogens with two attached hydrogens (primary N) is 1. The largest absolute Gasteiger partial charge is 0.368 e. The molecule has 0 aliphatic rings. The van der Waals surface area contributed by atoms with E-state index in [4.69, 9.17) is 5.73 Å². The molecule has 0 saturated carbocycles. The maximum absolute atomic E-state index is 12.2. The fraction of sp³-hybridized carbons (Fsp3) is 0.200. The number of benzene rings is 2. The van der Waals surface area contributed by atoms with Crippen LogP contribution in [0.25, 0.3) is 0 Å². The van der Waals surface area contributed by atoms with Crippen LogP contribution in [-0.2, 0) is 17.0 Å². The highest BCUT2D eigenvalue weighted by Crippen LogP contribution is 2.16. The maximum atomic E-state index is 12.2. The number of anilines is 4. The second-order valence-electron chi connectivity index (χ2n) is 6.02. The van der Waals surface area contributed by atoms with E-state index in [0.717, 1.165) is 17.8 Å². The van der Waals surface area contributed by atoms with Crippen LogP contribution in [0.1, 0.15) is 18.3 Å². The molecule has 1 amide bonds. The van der Waals surface area contributed by atoms with Gasteiger partial charge in [0.25, 0.3) is 0 Å². The molecule has 0 aliphatic heterocycles. The molecule has 0 atom stereocenters. The van der Waals surface area contributed by atoms with E-state index in [-0.39, 0.29) is 11.9 Å². The maximum Gasteiger partial charge on any atom is 0.234 e. The van der Waals surface area contributed by atoms with Crippen molar-refractivity contribution in [3.05, 3.63) is 66.0 Å². The molecule has 3 rings (SSSR count). The number of aryl methyl sites for hydroxylation is 1. The zero-order chi connectivity index (χ0) is 19.8. The van der Waals surface area contributed by atoms with Gasteiger partial charge in [-0.05, 0) is 36.2 Å². The van der Waals surface area contributed by atoms with Crippen molar-refractivity contribution in [3.63, 3.8) is 0 Å². The van der Waals surface area contributed by atoms with Crippen LogP contribution in [0.3, 0.4) is 0 Å². The zero-order valence-electron chi connectivity index (χ0n) is 15.6. The second kappa shape index (κ2) is 9.70. The number of carbonyl (C=O) groups excluding carboxylic acids is 1. The van der Waals surface area contributed by atoms with Crippen LogP contribution < -0.4 is 16.4 Å². The number of aromatic nitrogens is 3. The third-order valence-corrected chi connectivity index (χ3v) is 4.74. The smallest absolute Gasteiger partial charge is 0.234 e. The number of nitrogens with one attached hydrogen (secondary N) is 2. The number of nitrogens with zero attached hydrogens (tertiary/aromatic N) is 3. The first-order valence-electron chi connectivity index (χ1n) is 8.91. The molecule has 2 aromatic carbocycles. The molecule has 0 saturated heterocycles. The fourth-order valence-corrected chi connectivity index (χ4v) is 3.18. The molecule has 1 aromatic heterocycles. The summed E-state index contributed by atoms with van der Waals surface area (Å²) in [6, 6.07) is 17.4. The van der Waals surface area contributed by atoms with Gasteiger partial charge in [0.1, 0.15) is 5.82 Å². The summed E-state index contributed by atoms with van der Waals surface area (Å²) < 4.78 is 0. The highest BCUT2D eigenvalue weighted by molar-refractivity contribution is 7.99. The molecule has 3 aromatic rings. The summed E-state index contributed by atoms with van der Waals surface area (Å²) >= 11 is 1.42. The minimum absolute atomic E-state index is 0.0667. The summed E-state index contributed by atoms with van der Waals surface area (Å²) in [4.78, 5) is 24.8. The molecule has 0 unspecified atom stereocenters. The van der Waals surface area contributed by atoms with E-state index in [0.29, 0.717) is 23.3 Å². The molecule has 144 valence electrons. The third kappa shape index (κ3) is 5.95.